The molecule has 2 aromatic rings. The summed E-state index contributed by atoms with van der Waals surface area (Å²) in [5.41, 5.74) is 2.38. The number of amides is 2. The van der Waals surface area contributed by atoms with Gasteiger partial charge in [-0.05, 0) is 32.0 Å². The van der Waals surface area contributed by atoms with Crippen molar-refractivity contribution in [2.45, 2.75) is 19.9 Å². The van der Waals surface area contributed by atoms with Crippen molar-refractivity contribution in [3.8, 4) is 5.69 Å². The molecule has 0 unspecified atom stereocenters. The van der Waals surface area contributed by atoms with Crippen molar-refractivity contribution in [3.05, 3.63) is 42.2 Å². The van der Waals surface area contributed by atoms with Crippen molar-refractivity contribution >= 4 is 22.5 Å². The fraction of sp³-hybridized carbons (Fsp3) is 0.375. The van der Waals surface area contributed by atoms with Gasteiger partial charge in [-0.15, -0.1) is 0 Å². The Balaban J connectivity index is 2.17. The zero-order chi connectivity index (χ0) is 17.0. The van der Waals surface area contributed by atoms with Gasteiger partial charge in [0.05, 0.1) is 17.1 Å². The number of nitrogens with zero attached hydrogens (tertiary/aromatic N) is 3. The molecule has 0 saturated carbocycles. The molecule has 0 radical (unpaired) electrons. The van der Waals surface area contributed by atoms with E-state index in [1.165, 1.54) is 0 Å². The maximum atomic E-state index is 12.4. The van der Waals surface area contributed by atoms with Gasteiger partial charge in [0.25, 0.3) is 0 Å². The van der Waals surface area contributed by atoms with Crippen LogP contribution in [0.3, 0.4) is 0 Å². The first-order valence-corrected chi connectivity index (χ1v) is 9.06. The second-order valence-corrected chi connectivity index (χ2v) is 7.03. The van der Waals surface area contributed by atoms with Crippen LogP contribution in [-0.4, -0.2) is 50.0 Å². The second-order valence-electron chi connectivity index (χ2n) is 5.55. The Hall–Kier alpha value is -2.15. The zero-order valence-electron chi connectivity index (χ0n) is 13.8. The van der Waals surface area contributed by atoms with Gasteiger partial charge in [-0.25, -0.2) is 9.48 Å². The highest BCUT2D eigenvalue weighted by Gasteiger charge is 2.18. The van der Waals surface area contributed by atoms with Crippen LogP contribution in [0.1, 0.15) is 12.6 Å². The number of anilines is 1. The fourth-order valence-electron chi connectivity index (χ4n) is 2.18. The molecule has 0 aliphatic heterocycles. The smallest absolute Gasteiger partial charge is 0.321 e. The Labute approximate surface area is 138 Å². The molecule has 2 amide bonds. The molecule has 1 N–H and O–H groups in total. The summed E-state index contributed by atoms with van der Waals surface area (Å²) in [5, 5.41) is 7.28. The van der Waals surface area contributed by atoms with Crippen molar-refractivity contribution in [2.75, 3.05) is 24.4 Å². The average Bonchev–Trinajstić information content (AvgIpc) is 2.92. The molecule has 0 bridgehead atoms. The van der Waals surface area contributed by atoms with E-state index in [0.717, 1.165) is 11.4 Å². The lowest BCUT2D eigenvalue weighted by Crippen LogP contribution is -2.41. The number of carbonyl (C=O) groups is 1. The Morgan fingerprint density at radius 2 is 2.09 bits per heavy atom. The molecule has 0 aliphatic rings. The van der Waals surface area contributed by atoms with Crippen molar-refractivity contribution in [1.82, 2.24) is 14.7 Å². The molecule has 0 spiro atoms. The van der Waals surface area contributed by atoms with Crippen LogP contribution >= 0.6 is 0 Å². The number of urea groups is 1. The lowest BCUT2D eigenvalue weighted by Gasteiger charge is -2.25. The van der Waals surface area contributed by atoms with Crippen LogP contribution in [0, 0.1) is 6.92 Å². The molecule has 0 saturated heterocycles. The number of rotatable bonds is 5. The van der Waals surface area contributed by atoms with Gasteiger partial charge in [-0.3, -0.25) is 4.21 Å². The molecule has 2 rings (SSSR count). The molecule has 7 heteroatoms. The Morgan fingerprint density at radius 1 is 1.39 bits per heavy atom. The molecular weight excluding hydrogens is 312 g/mol. The van der Waals surface area contributed by atoms with Crippen LogP contribution in [0.5, 0.6) is 0 Å². The van der Waals surface area contributed by atoms with Gasteiger partial charge in [0, 0.05) is 42.1 Å². The molecule has 1 heterocycles. The third-order valence-electron chi connectivity index (χ3n) is 3.57. The zero-order valence-corrected chi connectivity index (χ0v) is 14.6. The van der Waals surface area contributed by atoms with Crippen LogP contribution < -0.4 is 5.32 Å². The summed E-state index contributed by atoms with van der Waals surface area (Å²) in [4.78, 5) is 14.0. The summed E-state index contributed by atoms with van der Waals surface area (Å²) in [6.45, 7) is 3.79. The Kier molecular flexibility index (Phi) is 5.54. The van der Waals surface area contributed by atoms with Crippen LogP contribution in [0.4, 0.5) is 10.5 Å². The van der Waals surface area contributed by atoms with Crippen LogP contribution in [-0.2, 0) is 10.8 Å². The Bertz CT molecular complexity index is 714. The predicted molar refractivity (Wildman–Crippen MR) is 93.5 cm³/mol. The van der Waals surface area contributed by atoms with E-state index in [4.69, 9.17) is 0 Å². The first-order valence-electron chi connectivity index (χ1n) is 7.34. The highest BCUT2D eigenvalue weighted by atomic mass is 32.2. The number of hydrogen-bond acceptors (Lipinski definition) is 3. The lowest BCUT2D eigenvalue weighted by molar-refractivity contribution is 0.212. The molecule has 1 aromatic carbocycles. The van der Waals surface area contributed by atoms with Crippen molar-refractivity contribution < 1.29 is 9.00 Å². The summed E-state index contributed by atoms with van der Waals surface area (Å²) in [7, 11) is 0.756. The quantitative estimate of drug-likeness (QED) is 0.913. The van der Waals surface area contributed by atoms with Crippen LogP contribution in [0.25, 0.3) is 5.69 Å². The van der Waals surface area contributed by atoms with E-state index in [1.807, 2.05) is 50.4 Å². The fourth-order valence-corrected chi connectivity index (χ4v) is 3.09. The molecule has 2 atom stereocenters. The predicted octanol–water partition coefficient (Wildman–Crippen LogP) is 2.41. The van der Waals surface area contributed by atoms with E-state index in [0.29, 0.717) is 11.4 Å². The maximum absolute atomic E-state index is 12.4. The summed E-state index contributed by atoms with van der Waals surface area (Å²) in [6.07, 6.45) is 3.49. The van der Waals surface area contributed by atoms with Gasteiger partial charge in [0.1, 0.15) is 0 Å². The lowest BCUT2D eigenvalue weighted by atomic mass is 10.2. The topological polar surface area (TPSA) is 67.2 Å². The second kappa shape index (κ2) is 7.41. The van der Waals surface area contributed by atoms with Gasteiger partial charge in [0.15, 0.2) is 0 Å². The third-order valence-corrected chi connectivity index (χ3v) is 4.52. The van der Waals surface area contributed by atoms with E-state index in [9.17, 15) is 9.00 Å². The van der Waals surface area contributed by atoms with Gasteiger partial charge in [-0.2, -0.15) is 5.10 Å². The molecule has 6 nitrogen and oxygen atoms in total. The average molecular weight is 334 g/mol. The Morgan fingerprint density at radius 3 is 2.70 bits per heavy atom. The van der Waals surface area contributed by atoms with E-state index >= 15 is 0 Å². The SMILES string of the molecule is Cc1ccn(-c2ccccc2NC(=O)N(C)[C@H](C)C[S@@](C)=O)n1. The number of aromatic nitrogens is 2. The highest BCUT2D eigenvalue weighted by Crippen LogP contribution is 2.20. The van der Waals surface area contributed by atoms with Gasteiger partial charge in [-0.1, -0.05) is 12.1 Å². The van der Waals surface area contributed by atoms with Gasteiger partial charge in [0.2, 0.25) is 0 Å². The van der Waals surface area contributed by atoms with Gasteiger partial charge < -0.3 is 10.2 Å². The van der Waals surface area contributed by atoms with Crippen LogP contribution in [0.15, 0.2) is 36.5 Å². The molecular formula is C16H22N4O2S. The standard InChI is InChI=1S/C16H22N4O2S/c1-12-9-10-20(18-12)15-8-6-5-7-14(15)17-16(21)19(3)13(2)11-23(4)22/h5-10,13H,11H2,1-4H3,(H,17,21)/t13-,23-/m1/s1. The van der Waals surface area contributed by atoms with Crippen LogP contribution in [0.2, 0.25) is 0 Å². The monoisotopic (exact) mass is 334 g/mol. The summed E-state index contributed by atoms with van der Waals surface area (Å²) < 4.78 is 13.1. The normalized spacial score (nSPS) is 13.4. The van der Waals surface area contributed by atoms with Crippen molar-refractivity contribution in [3.63, 3.8) is 0 Å². The minimum absolute atomic E-state index is 0.111. The largest absolute Gasteiger partial charge is 0.324 e. The first-order chi connectivity index (χ1) is 10.9. The van der Waals surface area contributed by atoms with Gasteiger partial charge >= 0.3 is 6.03 Å². The van der Waals surface area contributed by atoms with Crippen molar-refractivity contribution in [1.29, 1.82) is 0 Å². The van der Waals surface area contributed by atoms with E-state index in [2.05, 4.69) is 10.4 Å². The number of benzene rings is 1. The summed E-state index contributed by atoms with van der Waals surface area (Å²) in [6, 6.07) is 9.05. The number of nitrogens with one attached hydrogen (secondary N) is 1. The van der Waals surface area contributed by atoms with E-state index < -0.39 is 10.8 Å². The maximum Gasteiger partial charge on any atom is 0.321 e. The summed E-state index contributed by atoms with van der Waals surface area (Å²) >= 11 is 0. The van der Waals surface area contributed by atoms with Crippen molar-refractivity contribution in [2.24, 2.45) is 0 Å². The van der Waals surface area contributed by atoms with E-state index in [1.54, 1.807) is 22.9 Å². The molecule has 1 aromatic heterocycles. The molecule has 0 aliphatic carbocycles. The number of aryl methyl sites for hydroxylation is 1. The number of para-hydroxylation sites is 2. The number of carbonyl (C=O) groups excluding carboxylic acids is 1. The molecule has 0 fully saturated rings. The minimum atomic E-state index is -0.946. The minimum Gasteiger partial charge on any atom is -0.324 e. The summed E-state index contributed by atoms with van der Waals surface area (Å²) in [5.74, 6) is 0.448. The third kappa shape index (κ3) is 4.41. The highest BCUT2D eigenvalue weighted by molar-refractivity contribution is 7.84. The van der Waals surface area contributed by atoms with E-state index in [-0.39, 0.29) is 12.1 Å². The number of hydrogen-bond donors (Lipinski definition) is 1. The molecule has 124 valence electrons. The molecule has 23 heavy (non-hydrogen) atoms. The first kappa shape index (κ1) is 17.2.